The number of ether oxygens (including phenoxy) is 4. The predicted molar refractivity (Wildman–Crippen MR) is 187 cm³/mol. The fourth-order valence-electron chi connectivity index (χ4n) is 5.46. The Morgan fingerprint density at radius 1 is 0.625 bits per heavy atom. The second-order valence-electron chi connectivity index (χ2n) is 13.0. The molecule has 0 amide bonds. The molecule has 10 heteroatoms. The third kappa shape index (κ3) is 22.0. The van der Waals surface area contributed by atoms with Crippen LogP contribution in [0.3, 0.4) is 0 Å². The van der Waals surface area contributed by atoms with E-state index < -0.39 is 49.4 Å². The molecule has 280 valence electrons. The molecule has 48 heavy (non-hydrogen) atoms. The molecule has 0 radical (unpaired) electrons. The van der Waals surface area contributed by atoms with Gasteiger partial charge in [-0.2, -0.15) is 0 Å². The van der Waals surface area contributed by atoms with Gasteiger partial charge < -0.3 is 39.4 Å². The number of rotatable bonds is 30. The summed E-state index contributed by atoms with van der Waals surface area (Å²) < 4.78 is 22.0. The van der Waals surface area contributed by atoms with Gasteiger partial charge in [-0.15, -0.1) is 0 Å². The van der Waals surface area contributed by atoms with Gasteiger partial charge in [-0.3, -0.25) is 9.59 Å². The summed E-state index contributed by atoms with van der Waals surface area (Å²) in [4.78, 5) is 25.1. The molecule has 2 unspecified atom stereocenters. The molecule has 0 bridgehead atoms. The lowest BCUT2D eigenvalue weighted by molar-refractivity contribution is -0.305. The first-order valence-electron chi connectivity index (χ1n) is 18.9. The molecule has 0 aromatic heterocycles. The molecule has 0 aromatic carbocycles. The number of carbonyl (C=O) groups excluding carboxylic acids is 2. The summed E-state index contributed by atoms with van der Waals surface area (Å²) in [5, 5.41) is 39.8. The molecule has 0 saturated carbocycles. The van der Waals surface area contributed by atoms with Crippen molar-refractivity contribution in [1.29, 1.82) is 0 Å². The molecular weight excluding hydrogens is 616 g/mol. The summed E-state index contributed by atoms with van der Waals surface area (Å²) >= 11 is 0. The van der Waals surface area contributed by atoms with Gasteiger partial charge >= 0.3 is 11.9 Å². The second kappa shape index (κ2) is 30.0. The zero-order valence-corrected chi connectivity index (χ0v) is 30.0. The Bertz CT molecular complexity index is 845. The largest absolute Gasteiger partial charge is 0.462 e. The van der Waals surface area contributed by atoms with Crippen molar-refractivity contribution in [3.63, 3.8) is 0 Å². The highest BCUT2D eigenvalue weighted by molar-refractivity contribution is 5.70. The Morgan fingerprint density at radius 3 is 1.69 bits per heavy atom. The van der Waals surface area contributed by atoms with Gasteiger partial charge in [0.1, 0.15) is 31.0 Å². The van der Waals surface area contributed by atoms with Gasteiger partial charge in [-0.1, -0.05) is 102 Å². The number of unbranched alkanes of at least 4 members (excludes halogenated alkanes) is 15. The zero-order chi connectivity index (χ0) is 35.2. The minimum absolute atomic E-state index is 0.218. The van der Waals surface area contributed by atoms with Gasteiger partial charge in [-0.25, -0.2) is 0 Å². The van der Waals surface area contributed by atoms with Crippen LogP contribution in [0.5, 0.6) is 0 Å². The summed E-state index contributed by atoms with van der Waals surface area (Å²) in [5.41, 5.74) is 0. The monoisotopic (exact) mass is 684 g/mol. The van der Waals surface area contributed by atoms with Crippen LogP contribution in [0.15, 0.2) is 24.3 Å². The van der Waals surface area contributed by atoms with Crippen molar-refractivity contribution >= 4 is 11.9 Å². The van der Waals surface area contributed by atoms with Gasteiger partial charge in [0, 0.05) is 12.8 Å². The maximum atomic E-state index is 12.6. The van der Waals surface area contributed by atoms with Crippen molar-refractivity contribution in [2.75, 3.05) is 19.8 Å². The highest BCUT2D eigenvalue weighted by Crippen LogP contribution is 2.22. The van der Waals surface area contributed by atoms with E-state index in [1.807, 2.05) is 0 Å². The predicted octanol–water partition coefficient (Wildman–Crippen LogP) is 6.60. The summed E-state index contributed by atoms with van der Waals surface area (Å²) in [7, 11) is 0. The Balaban J connectivity index is 2.42. The zero-order valence-electron chi connectivity index (χ0n) is 30.0. The van der Waals surface area contributed by atoms with Gasteiger partial charge in [0.15, 0.2) is 12.4 Å². The average molecular weight is 685 g/mol. The summed E-state index contributed by atoms with van der Waals surface area (Å²) in [6.45, 7) is 3.31. The van der Waals surface area contributed by atoms with E-state index in [1.165, 1.54) is 32.1 Å². The maximum Gasteiger partial charge on any atom is 0.306 e. The minimum Gasteiger partial charge on any atom is -0.462 e. The normalized spacial score (nSPS) is 22.0. The standard InChI is InChI=1S/C38H68O10/c1-3-5-7-9-11-13-15-17-18-20-22-24-26-33(40)45-29-31(30-46-38-37(44)36(43)35(42)32(28-39)48-38)47-34(41)27-25-23-21-19-16-14-12-10-8-6-4-2/h10-13,31-32,35-39,42-44H,3-9,14-30H2,1-2H3/b12-10+,13-11+/t31-,32-,35+,36?,37?,38-/m0/s1. The molecule has 6 atom stereocenters. The van der Waals surface area contributed by atoms with Crippen molar-refractivity contribution in [1.82, 2.24) is 0 Å². The SMILES string of the molecule is CCCC/C=C/CCCCCCCC(=O)O[C@@H](COC(=O)CCCCCCC/C=C/CCCCC)CO[C@H]1O[C@@H](CO)[C@@H](O)C(O)C1O. The second-order valence-corrected chi connectivity index (χ2v) is 13.0. The molecule has 1 fully saturated rings. The molecule has 1 rings (SSSR count). The van der Waals surface area contributed by atoms with E-state index in [2.05, 4.69) is 38.2 Å². The molecule has 10 nitrogen and oxygen atoms in total. The van der Waals surface area contributed by atoms with Crippen LogP contribution in [0.2, 0.25) is 0 Å². The Labute approximate surface area is 290 Å². The lowest BCUT2D eigenvalue weighted by Gasteiger charge is -2.39. The van der Waals surface area contributed by atoms with Gasteiger partial charge in [0.25, 0.3) is 0 Å². The summed E-state index contributed by atoms with van der Waals surface area (Å²) in [6.07, 6.45) is 21.9. The third-order valence-corrected chi connectivity index (χ3v) is 8.56. The van der Waals surface area contributed by atoms with Gasteiger partial charge in [0.2, 0.25) is 0 Å². The number of hydrogen-bond acceptors (Lipinski definition) is 10. The topological polar surface area (TPSA) is 152 Å². The van der Waals surface area contributed by atoms with Crippen LogP contribution >= 0.6 is 0 Å². The number of hydrogen-bond donors (Lipinski definition) is 4. The molecule has 1 heterocycles. The quantitative estimate of drug-likeness (QED) is 0.0370. The van der Waals surface area contributed by atoms with Gasteiger partial charge in [0.05, 0.1) is 13.2 Å². The van der Waals surface area contributed by atoms with Crippen molar-refractivity contribution in [3.8, 4) is 0 Å². The Kier molecular flexibility index (Phi) is 27.7. The highest BCUT2D eigenvalue weighted by atomic mass is 16.7. The highest BCUT2D eigenvalue weighted by Gasteiger charge is 2.44. The summed E-state index contributed by atoms with van der Waals surface area (Å²) in [5.74, 6) is -0.831. The van der Waals surface area contributed by atoms with Crippen molar-refractivity contribution < 1.29 is 49.0 Å². The molecule has 0 aromatic rings. The first-order valence-corrected chi connectivity index (χ1v) is 18.9. The van der Waals surface area contributed by atoms with Crippen molar-refractivity contribution in [2.24, 2.45) is 0 Å². The van der Waals surface area contributed by atoms with Crippen LogP contribution in [0, 0.1) is 0 Å². The Morgan fingerprint density at radius 2 is 1.12 bits per heavy atom. The van der Waals surface area contributed by atoms with Crippen molar-refractivity contribution in [2.45, 2.75) is 185 Å². The summed E-state index contributed by atoms with van der Waals surface area (Å²) in [6, 6.07) is 0. The lowest BCUT2D eigenvalue weighted by Crippen LogP contribution is -2.59. The lowest BCUT2D eigenvalue weighted by atomic mass is 9.99. The van der Waals surface area contributed by atoms with Crippen LogP contribution in [-0.4, -0.2) is 89.0 Å². The fourth-order valence-corrected chi connectivity index (χ4v) is 5.46. The van der Waals surface area contributed by atoms with E-state index in [0.29, 0.717) is 12.8 Å². The van der Waals surface area contributed by atoms with E-state index in [1.54, 1.807) is 0 Å². The molecule has 1 aliphatic heterocycles. The van der Waals surface area contributed by atoms with Crippen LogP contribution in [-0.2, 0) is 28.5 Å². The molecule has 0 spiro atoms. The molecular formula is C38H68O10. The number of aliphatic hydroxyl groups excluding tert-OH is 4. The van der Waals surface area contributed by atoms with Crippen LogP contribution in [0.25, 0.3) is 0 Å². The molecule has 0 aliphatic carbocycles. The first-order chi connectivity index (χ1) is 23.3. The number of esters is 2. The van der Waals surface area contributed by atoms with E-state index in [9.17, 15) is 30.0 Å². The van der Waals surface area contributed by atoms with E-state index in [-0.39, 0.29) is 32.0 Å². The number of aliphatic hydroxyl groups is 4. The van der Waals surface area contributed by atoms with Crippen LogP contribution < -0.4 is 0 Å². The van der Waals surface area contributed by atoms with E-state index in [4.69, 9.17) is 18.9 Å². The number of carbonyl (C=O) groups is 2. The average Bonchev–Trinajstić information content (AvgIpc) is 3.08. The fraction of sp³-hybridized carbons (Fsp3) is 0.842. The van der Waals surface area contributed by atoms with Crippen LogP contribution in [0.1, 0.15) is 149 Å². The van der Waals surface area contributed by atoms with Crippen molar-refractivity contribution in [3.05, 3.63) is 24.3 Å². The number of allylic oxidation sites excluding steroid dienone is 4. The smallest absolute Gasteiger partial charge is 0.306 e. The molecule has 4 N–H and O–H groups in total. The minimum atomic E-state index is -1.59. The first kappa shape index (κ1) is 44.2. The molecule has 1 saturated heterocycles. The third-order valence-electron chi connectivity index (χ3n) is 8.56. The Hall–Kier alpha value is -1.82. The van der Waals surface area contributed by atoms with E-state index in [0.717, 1.165) is 77.0 Å². The maximum absolute atomic E-state index is 12.6. The van der Waals surface area contributed by atoms with E-state index >= 15 is 0 Å². The van der Waals surface area contributed by atoms with Crippen LogP contribution in [0.4, 0.5) is 0 Å². The van der Waals surface area contributed by atoms with Gasteiger partial charge in [-0.05, 0) is 57.8 Å². The molecule has 1 aliphatic rings.